The summed E-state index contributed by atoms with van der Waals surface area (Å²) in [7, 11) is 0. The highest BCUT2D eigenvalue weighted by Gasteiger charge is 2.14. The van der Waals surface area contributed by atoms with Crippen molar-refractivity contribution < 1.29 is 0 Å². The Morgan fingerprint density at radius 3 is 3.00 bits per heavy atom. The summed E-state index contributed by atoms with van der Waals surface area (Å²) in [4.78, 5) is 0. The van der Waals surface area contributed by atoms with Crippen molar-refractivity contribution in [2.75, 3.05) is 6.54 Å². The van der Waals surface area contributed by atoms with Gasteiger partial charge < -0.3 is 5.32 Å². The molecule has 1 heteroatoms. The smallest absolute Gasteiger partial charge is 0.0245 e. The summed E-state index contributed by atoms with van der Waals surface area (Å²) in [6, 6.07) is 0. The minimum atomic E-state index is 0.549. The fourth-order valence-corrected chi connectivity index (χ4v) is 1.81. The van der Waals surface area contributed by atoms with Crippen LogP contribution >= 0.6 is 0 Å². The van der Waals surface area contributed by atoms with Gasteiger partial charge in [-0.15, -0.1) is 0 Å². The van der Waals surface area contributed by atoms with E-state index in [1.165, 1.54) is 11.1 Å². The average molecular weight is 187 g/mol. The molecule has 1 N–H and O–H groups in total. The predicted molar refractivity (Wildman–Crippen MR) is 60.8 cm³/mol. The van der Waals surface area contributed by atoms with Gasteiger partial charge in [0.2, 0.25) is 0 Å². The zero-order valence-corrected chi connectivity index (χ0v) is 8.83. The van der Waals surface area contributed by atoms with Crippen LogP contribution in [0.15, 0.2) is 47.7 Å². The molecule has 0 bridgehead atoms. The summed E-state index contributed by atoms with van der Waals surface area (Å²) in [6.07, 6.45) is 13.2. The number of hydrogen-bond acceptors (Lipinski definition) is 1. The van der Waals surface area contributed by atoms with E-state index in [-0.39, 0.29) is 0 Å². The number of rotatable bonds is 1. The van der Waals surface area contributed by atoms with Crippen molar-refractivity contribution >= 4 is 0 Å². The second kappa shape index (κ2) is 3.87. The molecule has 14 heavy (non-hydrogen) atoms. The fourth-order valence-electron chi connectivity index (χ4n) is 1.81. The number of allylic oxidation sites excluding steroid dienone is 5. The Kier molecular flexibility index (Phi) is 2.58. The Morgan fingerprint density at radius 2 is 2.21 bits per heavy atom. The van der Waals surface area contributed by atoms with Gasteiger partial charge in [-0.1, -0.05) is 44.2 Å². The van der Waals surface area contributed by atoms with E-state index in [0.717, 1.165) is 6.54 Å². The third kappa shape index (κ3) is 1.82. The molecule has 0 aromatic carbocycles. The Hall–Kier alpha value is -1.24. The number of fused-ring (bicyclic) bond motifs is 1. The summed E-state index contributed by atoms with van der Waals surface area (Å²) in [6.45, 7) is 5.48. The van der Waals surface area contributed by atoms with Crippen molar-refractivity contribution in [3.63, 3.8) is 0 Å². The molecule has 0 spiro atoms. The molecular formula is C13H17N. The predicted octanol–water partition coefficient (Wildman–Crippen LogP) is 2.80. The van der Waals surface area contributed by atoms with E-state index in [1.54, 1.807) is 0 Å². The standard InChI is InChI=1S/C13H17N/c1-10(2)13-7-11-5-3-4-6-12(11)8-14-9-13/h3-7,9-10,12,14H,8H2,1-2H3. The van der Waals surface area contributed by atoms with E-state index in [9.17, 15) is 0 Å². The van der Waals surface area contributed by atoms with Gasteiger partial charge in [-0.3, -0.25) is 0 Å². The molecule has 0 radical (unpaired) electrons. The monoisotopic (exact) mass is 187 g/mol. The minimum absolute atomic E-state index is 0.549. The second-order valence-corrected chi connectivity index (χ2v) is 4.20. The van der Waals surface area contributed by atoms with Crippen LogP contribution in [0.2, 0.25) is 0 Å². The topological polar surface area (TPSA) is 12.0 Å². The molecule has 1 nitrogen and oxygen atoms in total. The Balaban J connectivity index is 2.28. The first-order valence-corrected chi connectivity index (χ1v) is 5.27. The lowest BCUT2D eigenvalue weighted by Crippen LogP contribution is -2.17. The summed E-state index contributed by atoms with van der Waals surface area (Å²) in [5, 5.41) is 3.38. The van der Waals surface area contributed by atoms with E-state index < -0.39 is 0 Å². The van der Waals surface area contributed by atoms with Crippen molar-refractivity contribution in [1.82, 2.24) is 5.32 Å². The molecule has 0 saturated heterocycles. The van der Waals surface area contributed by atoms with Gasteiger partial charge >= 0.3 is 0 Å². The molecule has 0 saturated carbocycles. The number of nitrogens with one attached hydrogen (secondary N) is 1. The summed E-state index contributed by atoms with van der Waals surface area (Å²) >= 11 is 0. The molecule has 1 aliphatic heterocycles. The second-order valence-electron chi connectivity index (χ2n) is 4.20. The molecule has 1 aliphatic carbocycles. The normalized spacial score (nSPS) is 24.9. The van der Waals surface area contributed by atoms with Crippen LogP contribution in [0.3, 0.4) is 0 Å². The van der Waals surface area contributed by atoms with Crippen LogP contribution in [0.1, 0.15) is 13.8 Å². The molecular weight excluding hydrogens is 170 g/mol. The maximum atomic E-state index is 3.38. The maximum Gasteiger partial charge on any atom is 0.0245 e. The highest BCUT2D eigenvalue weighted by atomic mass is 14.8. The first-order chi connectivity index (χ1) is 6.77. The highest BCUT2D eigenvalue weighted by Crippen LogP contribution is 2.24. The zero-order valence-electron chi connectivity index (χ0n) is 8.83. The van der Waals surface area contributed by atoms with Crippen LogP contribution in [-0.2, 0) is 0 Å². The van der Waals surface area contributed by atoms with E-state index in [1.807, 2.05) is 0 Å². The molecule has 0 aromatic heterocycles. The zero-order chi connectivity index (χ0) is 9.97. The van der Waals surface area contributed by atoms with Crippen LogP contribution in [0, 0.1) is 11.8 Å². The van der Waals surface area contributed by atoms with Crippen molar-refractivity contribution in [3.05, 3.63) is 47.7 Å². The quantitative estimate of drug-likeness (QED) is 0.665. The van der Waals surface area contributed by atoms with Crippen molar-refractivity contribution in [2.45, 2.75) is 13.8 Å². The number of hydrogen-bond donors (Lipinski definition) is 1. The van der Waals surface area contributed by atoms with Crippen LogP contribution in [-0.4, -0.2) is 6.54 Å². The van der Waals surface area contributed by atoms with E-state index in [0.29, 0.717) is 11.8 Å². The Morgan fingerprint density at radius 1 is 1.36 bits per heavy atom. The molecule has 1 unspecified atom stereocenters. The van der Waals surface area contributed by atoms with Gasteiger partial charge in [0.15, 0.2) is 0 Å². The van der Waals surface area contributed by atoms with Crippen molar-refractivity contribution in [3.8, 4) is 0 Å². The summed E-state index contributed by atoms with van der Waals surface area (Å²) < 4.78 is 0. The molecule has 1 atom stereocenters. The van der Waals surface area contributed by atoms with Crippen LogP contribution in [0.5, 0.6) is 0 Å². The summed E-state index contributed by atoms with van der Waals surface area (Å²) in [5.41, 5.74) is 2.82. The molecule has 0 fully saturated rings. The molecule has 2 rings (SSSR count). The van der Waals surface area contributed by atoms with Gasteiger partial charge in [-0.2, -0.15) is 0 Å². The fraction of sp³-hybridized carbons (Fsp3) is 0.385. The van der Waals surface area contributed by atoms with Gasteiger partial charge in [0, 0.05) is 12.5 Å². The SMILES string of the molecule is CC(C)C1=CNCC2C=CC=CC2=C1. The van der Waals surface area contributed by atoms with Crippen LogP contribution in [0.25, 0.3) is 0 Å². The molecule has 0 aromatic rings. The van der Waals surface area contributed by atoms with Crippen molar-refractivity contribution in [2.24, 2.45) is 11.8 Å². The Labute approximate surface area is 85.9 Å². The minimum Gasteiger partial charge on any atom is -0.390 e. The van der Waals surface area contributed by atoms with Gasteiger partial charge in [0.05, 0.1) is 0 Å². The maximum absolute atomic E-state index is 3.38. The van der Waals surface area contributed by atoms with Gasteiger partial charge in [-0.25, -0.2) is 0 Å². The lowest BCUT2D eigenvalue weighted by Gasteiger charge is -2.14. The largest absolute Gasteiger partial charge is 0.390 e. The highest BCUT2D eigenvalue weighted by molar-refractivity contribution is 5.40. The lowest BCUT2D eigenvalue weighted by molar-refractivity contribution is 0.707. The average Bonchev–Trinajstić information content (AvgIpc) is 2.39. The first kappa shape index (κ1) is 9.32. The Bertz CT molecular complexity index is 329. The van der Waals surface area contributed by atoms with E-state index in [4.69, 9.17) is 0 Å². The van der Waals surface area contributed by atoms with Gasteiger partial charge in [-0.05, 0) is 23.3 Å². The first-order valence-electron chi connectivity index (χ1n) is 5.27. The molecule has 0 amide bonds. The van der Waals surface area contributed by atoms with Gasteiger partial charge in [0.25, 0.3) is 0 Å². The third-order valence-electron chi connectivity index (χ3n) is 2.78. The molecule has 74 valence electrons. The van der Waals surface area contributed by atoms with Crippen molar-refractivity contribution in [1.29, 1.82) is 0 Å². The molecule has 2 aliphatic rings. The van der Waals surface area contributed by atoms with Crippen LogP contribution in [0.4, 0.5) is 0 Å². The van der Waals surface area contributed by atoms with Gasteiger partial charge in [0.1, 0.15) is 0 Å². The molecule has 1 heterocycles. The van der Waals surface area contributed by atoms with E-state index >= 15 is 0 Å². The van der Waals surface area contributed by atoms with Crippen LogP contribution < -0.4 is 5.32 Å². The third-order valence-corrected chi connectivity index (χ3v) is 2.78. The lowest BCUT2D eigenvalue weighted by atomic mass is 9.92. The summed E-state index contributed by atoms with van der Waals surface area (Å²) in [5.74, 6) is 1.14. The van der Waals surface area contributed by atoms with E-state index in [2.05, 4.69) is 55.7 Å².